The lowest BCUT2D eigenvalue weighted by Crippen LogP contribution is -2.12. The van der Waals surface area contributed by atoms with Gasteiger partial charge < -0.3 is 4.90 Å². The van der Waals surface area contributed by atoms with Crippen LogP contribution >= 0.6 is 0 Å². The summed E-state index contributed by atoms with van der Waals surface area (Å²) in [4.78, 5) is 1.83. The summed E-state index contributed by atoms with van der Waals surface area (Å²) in [6, 6.07) is 21.0. The normalized spacial score (nSPS) is 19.8. The Morgan fingerprint density at radius 1 is 1.00 bits per heavy atom. The fourth-order valence-corrected chi connectivity index (χ4v) is 3.62. The van der Waals surface area contributed by atoms with Gasteiger partial charge in [0.2, 0.25) is 0 Å². The number of rotatable bonds is 3. The summed E-state index contributed by atoms with van der Waals surface area (Å²) in [5.41, 5.74) is 5.56. The number of likely N-dealkylation sites (tertiary alicyclic amines) is 1. The van der Waals surface area contributed by atoms with Crippen molar-refractivity contribution in [3.63, 3.8) is 0 Å². The Bertz CT molecular complexity index is 907. The third kappa shape index (κ3) is 3.01. The number of nitrogens with one attached hydrogen (secondary N) is 1. The third-order valence-electron chi connectivity index (χ3n) is 5.02. The van der Waals surface area contributed by atoms with Crippen molar-refractivity contribution in [2.75, 3.05) is 13.1 Å². The van der Waals surface area contributed by atoms with E-state index in [4.69, 9.17) is 5.26 Å². The first-order valence-electron chi connectivity index (χ1n) is 8.60. The number of aromatic amines is 1. The van der Waals surface area contributed by atoms with Crippen LogP contribution in [0.25, 0.3) is 22.4 Å². The van der Waals surface area contributed by atoms with Crippen LogP contribution in [0, 0.1) is 17.4 Å². The minimum Gasteiger partial charge on any atom is -0.310 e. The molecule has 0 spiro atoms. The predicted molar refractivity (Wildman–Crippen MR) is 98.6 cm³/mol. The van der Waals surface area contributed by atoms with E-state index in [2.05, 4.69) is 77.9 Å². The van der Waals surface area contributed by atoms with Crippen molar-refractivity contribution in [1.82, 2.24) is 15.1 Å². The van der Waals surface area contributed by atoms with E-state index in [0.717, 1.165) is 30.0 Å². The molecule has 1 aliphatic rings. The number of hydrogen-bond donors (Lipinski definition) is 1. The summed E-state index contributed by atoms with van der Waals surface area (Å²) in [5.74, 6) is 0.779. The van der Waals surface area contributed by atoms with Gasteiger partial charge in [0.15, 0.2) is 6.19 Å². The molecule has 4 heteroatoms. The second-order valence-electron chi connectivity index (χ2n) is 6.74. The minimum atomic E-state index is 0.332. The van der Waals surface area contributed by atoms with Gasteiger partial charge in [-0.05, 0) is 29.2 Å². The van der Waals surface area contributed by atoms with E-state index in [0.29, 0.717) is 11.8 Å². The molecule has 0 saturated carbocycles. The molecule has 1 aliphatic heterocycles. The Labute approximate surface area is 147 Å². The molecule has 0 radical (unpaired) electrons. The zero-order valence-electron chi connectivity index (χ0n) is 14.2. The third-order valence-corrected chi connectivity index (χ3v) is 5.02. The molecule has 0 unspecified atom stereocenters. The fourth-order valence-electron chi connectivity index (χ4n) is 3.62. The van der Waals surface area contributed by atoms with Gasteiger partial charge in [0.1, 0.15) is 0 Å². The van der Waals surface area contributed by atoms with Gasteiger partial charge in [0.25, 0.3) is 0 Å². The highest BCUT2D eigenvalue weighted by atomic mass is 15.2. The molecule has 0 bridgehead atoms. The molecule has 124 valence electrons. The minimum absolute atomic E-state index is 0.332. The van der Waals surface area contributed by atoms with E-state index in [9.17, 15) is 0 Å². The summed E-state index contributed by atoms with van der Waals surface area (Å²) in [6.07, 6.45) is 2.26. The Hall–Kier alpha value is -3.06. The maximum atomic E-state index is 9.12. The van der Waals surface area contributed by atoms with Crippen LogP contribution in [0.4, 0.5) is 0 Å². The number of benzene rings is 2. The lowest BCUT2D eigenvalue weighted by atomic mass is 9.94. The molecule has 1 aromatic heterocycles. The number of H-pyrrole nitrogens is 1. The number of hydrogen-bond acceptors (Lipinski definition) is 3. The van der Waals surface area contributed by atoms with Crippen molar-refractivity contribution in [3.8, 4) is 28.6 Å². The van der Waals surface area contributed by atoms with E-state index in [1.807, 2.05) is 11.0 Å². The fraction of sp³-hybridized carbons (Fsp3) is 0.238. The quantitative estimate of drug-likeness (QED) is 0.731. The average molecular weight is 328 g/mol. The van der Waals surface area contributed by atoms with Gasteiger partial charge in [0.05, 0.1) is 5.69 Å². The highest BCUT2D eigenvalue weighted by molar-refractivity contribution is 5.71. The van der Waals surface area contributed by atoms with Gasteiger partial charge in [-0.15, -0.1) is 0 Å². The SMILES string of the molecule is C[C@@H]1CN(C#N)C[C@H]1c1cc(-c2cccc(-c3ccccc3)c2)n[nH]1. The number of aromatic nitrogens is 2. The topological polar surface area (TPSA) is 55.7 Å². The first kappa shape index (κ1) is 15.5. The Balaban J connectivity index is 1.62. The van der Waals surface area contributed by atoms with Crippen LogP contribution in [0.2, 0.25) is 0 Å². The van der Waals surface area contributed by atoms with Gasteiger partial charge in [-0.1, -0.05) is 55.5 Å². The summed E-state index contributed by atoms with van der Waals surface area (Å²) < 4.78 is 0. The predicted octanol–water partition coefficient (Wildman–Crippen LogP) is 4.26. The zero-order chi connectivity index (χ0) is 17.2. The summed E-state index contributed by atoms with van der Waals surface area (Å²) in [6.45, 7) is 3.78. The van der Waals surface area contributed by atoms with E-state index in [1.165, 1.54) is 11.1 Å². The number of nitriles is 1. The molecule has 0 amide bonds. The molecule has 1 saturated heterocycles. The first-order valence-corrected chi connectivity index (χ1v) is 8.60. The standard InChI is InChI=1S/C21H20N4/c1-15-12-25(14-22)13-19(15)21-11-20(23-24-21)18-9-5-8-17(10-18)16-6-3-2-4-7-16/h2-11,15,19H,12-13H2,1H3,(H,23,24)/t15-,19-/m1/s1. The molecule has 4 rings (SSSR count). The average Bonchev–Trinajstić information content (AvgIpc) is 3.29. The zero-order valence-corrected chi connectivity index (χ0v) is 14.2. The molecular weight excluding hydrogens is 308 g/mol. The molecule has 0 aliphatic carbocycles. The van der Waals surface area contributed by atoms with Crippen LogP contribution in [0.3, 0.4) is 0 Å². The lowest BCUT2D eigenvalue weighted by molar-refractivity contribution is 0.465. The van der Waals surface area contributed by atoms with E-state index in [-0.39, 0.29) is 0 Å². The van der Waals surface area contributed by atoms with Crippen LogP contribution in [-0.4, -0.2) is 28.2 Å². The van der Waals surface area contributed by atoms with Crippen LogP contribution in [0.1, 0.15) is 18.5 Å². The molecular formula is C21H20N4. The van der Waals surface area contributed by atoms with Crippen molar-refractivity contribution >= 4 is 0 Å². The van der Waals surface area contributed by atoms with Gasteiger partial charge >= 0.3 is 0 Å². The molecule has 1 fully saturated rings. The molecule has 25 heavy (non-hydrogen) atoms. The molecule has 3 aromatic rings. The van der Waals surface area contributed by atoms with Crippen molar-refractivity contribution in [2.45, 2.75) is 12.8 Å². The highest BCUT2D eigenvalue weighted by Gasteiger charge is 2.31. The first-order chi connectivity index (χ1) is 12.2. The Morgan fingerprint density at radius 2 is 1.76 bits per heavy atom. The van der Waals surface area contributed by atoms with Crippen LogP contribution < -0.4 is 0 Å². The van der Waals surface area contributed by atoms with E-state index < -0.39 is 0 Å². The second-order valence-corrected chi connectivity index (χ2v) is 6.74. The molecule has 2 heterocycles. The van der Waals surface area contributed by atoms with Crippen molar-refractivity contribution in [1.29, 1.82) is 5.26 Å². The van der Waals surface area contributed by atoms with Gasteiger partial charge in [-0.25, -0.2) is 0 Å². The summed E-state index contributed by atoms with van der Waals surface area (Å²) >= 11 is 0. The molecule has 4 nitrogen and oxygen atoms in total. The van der Waals surface area contributed by atoms with Gasteiger partial charge in [0, 0.05) is 30.3 Å². The molecule has 1 N–H and O–H groups in total. The van der Waals surface area contributed by atoms with Crippen LogP contribution in [-0.2, 0) is 0 Å². The Kier molecular flexibility index (Phi) is 3.99. The van der Waals surface area contributed by atoms with Crippen molar-refractivity contribution < 1.29 is 0 Å². The van der Waals surface area contributed by atoms with Crippen molar-refractivity contribution in [2.24, 2.45) is 5.92 Å². The molecule has 2 aromatic carbocycles. The largest absolute Gasteiger partial charge is 0.310 e. The monoisotopic (exact) mass is 328 g/mol. The lowest BCUT2D eigenvalue weighted by Gasteiger charge is -2.10. The van der Waals surface area contributed by atoms with Crippen LogP contribution in [0.15, 0.2) is 60.7 Å². The maximum Gasteiger partial charge on any atom is 0.179 e. The smallest absolute Gasteiger partial charge is 0.179 e. The summed E-state index contributed by atoms with van der Waals surface area (Å²) in [7, 11) is 0. The maximum absolute atomic E-state index is 9.12. The summed E-state index contributed by atoms with van der Waals surface area (Å²) in [5, 5.41) is 16.8. The van der Waals surface area contributed by atoms with Crippen LogP contribution in [0.5, 0.6) is 0 Å². The van der Waals surface area contributed by atoms with Crippen molar-refractivity contribution in [3.05, 3.63) is 66.4 Å². The van der Waals surface area contributed by atoms with Gasteiger partial charge in [-0.3, -0.25) is 5.10 Å². The number of nitrogens with zero attached hydrogens (tertiary/aromatic N) is 3. The molecule has 2 atom stereocenters. The van der Waals surface area contributed by atoms with E-state index in [1.54, 1.807) is 0 Å². The highest BCUT2D eigenvalue weighted by Crippen LogP contribution is 2.33. The Morgan fingerprint density at radius 3 is 2.52 bits per heavy atom. The van der Waals surface area contributed by atoms with Gasteiger partial charge in [-0.2, -0.15) is 10.4 Å². The second kappa shape index (κ2) is 6.45. The van der Waals surface area contributed by atoms with E-state index >= 15 is 0 Å².